The molecule has 0 spiro atoms. The number of nitrogens with two attached hydrogens (primary N) is 1. The van der Waals surface area contributed by atoms with Gasteiger partial charge in [-0.25, -0.2) is 4.98 Å². The van der Waals surface area contributed by atoms with Gasteiger partial charge in [-0.1, -0.05) is 30.8 Å². The highest BCUT2D eigenvalue weighted by atomic mass is 32.2. The highest BCUT2D eigenvalue weighted by Crippen LogP contribution is 2.30. The van der Waals surface area contributed by atoms with Gasteiger partial charge in [0, 0.05) is 22.0 Å². The van der Waals surface area contributed by atoms with Crippen molar-refractivity contribution >= 4 is 23.1 Å². The van der Waals surface area contributed by atoms with Crippen LogP contribution >= 0.6 is 23.1 Å². The second-order valence-electron chi connectivity index (χ2n) is 3.94. The Morgan fingerprint density at radius 1 is 1.35 bits per heavy atom. The quantitative estimate of drug-likeness (QED) is 0.906. The fraction of sp³-hybridized carbons (Fsp3) is 0.308. The lowest BCUT2D eigenvalue weighted by molar-refractivity contribution is 0.698. The summed E-state index contributed by atoms with van der Waals surface area (Å²) in [6.07, 6.45) is 0.970. The van der Waals surface area contributed by atoms with E-state index in [9.17, 15) is 0 Å². The van der Waals surface area contributed by atoms with Crippen LogP contribution in [0.3, 0.4) is 0 Å². The average molecular weight is 264 g/mol. The van der Waals surface area contributed by atoms with Gasteiger partial charge in [-0.05, 0) is 31.0 Å². The summed E-state index contributed by atoms with van der Waals surface area (Å²) in [6.45, 7) is 4.12. The van der Waals surface area contributed by atoms with E-state index >= 15 is 0 Å². The van der Waals surface area contributed by atoms with E-state index in [0.717, 1.165) is 16.5 Å². The first kappa shape index (κ1) is 12.6. The van der Waals surface area contributed by atoms with E-state index in [0.29, 0.717) is 0 Å². The molecule has 2 nitrogen and oxygen atoms in total. The number of thiazole rings is 1. The Bertz CT molecular complexity index is 476. The summed E-state index contributed by atoms with van der Waals surface area (Å²) in [5.74, 6) is 0. The molecule has 17 heavy (non-hydrogen) atoms. The van der Waals surface area contributed by atoms with E-state index in [-0.39, 0.29) is 6.04 Å². The molecule has 0 aliphatic heterocycles. The Hall–Kier alpha value is -0.840. The zero-order valence-electron chi connectivity index (χ0n) is 10.0. The minimum Gasteiger partial charge on any atom is -0.324 e. The summed E-state index contributed by atoms with van der Waals surface area (Å²) in [6, 6.07) is 8.60. The number of hydrogen-bond acceptors (Lipinski definition) is 4. The normalized spacial score (nSPS) is 12.6. The van der Waals surface area contributed by atoms with Gasteiger partial charge in [-0.15, -0.1) is 11.3 Å². The molecule has 0 aliphatic rings. The molecule has 4 heteroatoms. The first-order valence-corrected chi connectivity index (χ1v) is 7.34. The van der Waals surface area contributed by atoms with Gasteiger partial charge < -0.3 is 5.73 Å². The molecule has 0 radical (unpaired) electrons. The van der Waals surface area contributed by atoms with E-state index in [1.807, 2.05) is 6.92 Å². The van der Waals surface area contributed by atoms with Crippen LogP contribution in [-0.4, -0.2) is 4.98 Å². The van der Waals surface area contributed by atoms with Crippen molar-refractivity contribution in [2.75, 3.05) is 0 Å². The van der Waals surface area contributed by atoms with E-state index in [1.165, 1.54) is 10.5 Å². The molecule has 0 amide bonds. The SMILES string of the molecule is CC[C@H](N)c1ccc(Sc2nc(C)cs2)cc1. The lowest BCUT2D eigenvalue weighted by Crippen LogP contribution is -2.07. The van der Waals surface area contributed by atoms with Crippen molar-refractivity contribution in [2.24, 2.45) is 5.73 Å². The van der Waals surface area contributed by atoms with Crippen LogP contribution in [0.2, 0.25) is 0 Å². The molecule has 0 aliphatic carbocycles. The Kier molecular flexibility index (Phi) is 4.20. The second kappa shape index (κ2) is 5.67. The molecular formula is C13H16N2S2. The van der Waals surface area contributed by atoms with Crippen LogP contribution in [0.15, 0.2) is 38.9 Å². The molecular weight excluding hydrogens is 248 g/mol. The molecule has 0 bridgehead atoms. The maximum Gasteiger partial charge on any atom is 0.154 e. The average Bonchev–Trinajstić information content (AvgIpc) is 2.75. The van der Waals surface area contributed by atoms with Crippen molar-refractivity contribution < 1.29 is 0 Å². The second-order valence-corrected chi connectivity index (χ2v) is 6.12. The van der Waals surface area contributed by atoms with E-state index in [1.54, 1.807) is 23.1 Å². The maximum atomic E-state index is 5.98. The van der Waals surface area contributed by atoms with Crippen LogP contribution in [0.1, 0.15) is 30.6 Å². The van der Waals surface area contributed by atoms with Gasteiger partial charge in [-0.2, -0.15) is 0 Å². The maximum absolute atomic E-state index is 5.98. The number of rotatable bonds is 4. The number of hydrogen-bond donors (Lipinski definition) is 1. The largest absolute Gasteiger partial charge is 0.324 e. The molecule has 0 saturated carbocycles. The van der Waals surface area contributed by atoms with Crippen molar-refractivity contribution in [1.82, 2.24) is 4.98 Å². The van der Waals surface area contributed by atoms with E-state index in [4.69, 9.17) is 5.73 Å². The Morgan fingerprint density at radius 3 is 2.59 bits per heavy atom. The van der Waals surface area contributed by atoms with Crippen LogP contribution in [-0.2, 0) is 0 Å². The molecule has 1 heterocycles. The topological polar surface area (TPSA) is 38.9 Å². The Labute approximate surface area is 110 Å². The minimum atomic E-state index is 0.149. The summed E-state index contributed by atoms with van der Waals surface area (Å²) < 4.78 is 1.09. The summed E-state index contributed by atoms with van der Waals surface area (Å²) >= 11 is 3.39. The van der Waals surface area contributed by atoms with Crippen LogP contribution < -0.4 is 5.73 Å². The van der Waals surface area contributed by atoms with Gasteiger partial charge in [0.15, 0.2) is 4.34 Å². The molecule has 0 unspecified atom stereocenters. The number of aromatic nitrogens is 1. The predicted molar refractivity (Wildman–Crippen MR) is 74.6 cm³/mol. The molecule has 1 atom stereocenters. The lowest BCUT2D eigenvalue weighted by Gasteiger charge is -2.09. The van der Waals surface area contributed by atoms with Gasteiger partial charge in [-0.3, -0.25) is 0 Å². The summed E-state index contributed by atoms with van der Waals surface area (Å²) in [7, 11) is 0. The highest BCUT2D eigenvalue weighted by molar-refractivity contribution is 8.01. The number of nitrogens with zero attached hydrogens (tertiary/aromatic N) is 1. The fourth-order valence-corrected chi connectivity index (χ4v) is 3.31. The van der Waals surface area contributed by atoms with Crippen molar-refractivity contribution in [3.63, 3.8) is 0 Å². The van der Waals surface area contributed by atoms with Crippen molar-refractivity contribution in [3.8, 4) is 0 Å². The third-order valence-electron chi connectivity index (χ3n) is 2.55. The van der Waals surface area contributed by atoms with E-state index in [2.05, 4.69) is 41.6 Å². The fourth-order valence-electron chi connectivity index (χ4n) is 1.50. The highest BCUT2D eigenvalue weighted by Gasteiger charge is 2.05. The third-order valence-corrected chi connectivity index (χ3v) is 4.62. The van der Waals surface area contributed by atoms with Crippen LogP contribution in [0, 0.1) is 6.92 Å². The molecule has 1 aromatic carbocycles. The van der Waals surface area contributed by atoms with Crippen molar-refractivity contribution in [1.29, 1.82) is 0 Å². The smallest absolute Gasteiger partial charge is 0.154 e. The first-order valence-electron chi connectivity index (χ1n) is 5.64. The predicted octanol–water partition coefficient (Wildman–Crippen LogP) is 4.01. The van der Waals surface area contributed by atoms with Crippen molar-refractivity contribution in [2.45, 2.75) is 35.5 Å². The lowest BCUT2D eigenvalue weighted by atomic mass is 10.1. The number of aryl methyl sites for hydroxylation is 1. The summed E-state index contributed by atoms with van der Waals surface area (Å²) in [4.78, 5) is 5.65. The summed E-state index contributed by atoms with van der Waals surface area (Å²) in [5.41, 5.74) is 8.27. The van der Waals surface area contributed by atoms with Gasteiger partial charge >= 0.3 is 0 Å². The zero-order chi connectivity index (χ0) is 12.3. The zero-order valence-corrected chi connectivity index (χ0v) is 11.6. The van der Waals surface area contributed by atoms with Crippen LogP contribution in [0.4, 0.5) is 0 Å². The van der Waals surface area contributed by atoms with Gasteiger partial charge in [0.05, 0.1) is 0 Å². The molecule has 1 aromatic heterocycles. The summed E-state index contributed by atoms with van der Waals surface area (Å²) in [5, 5.41) is 2.07. The molecule has 0 saturated heterocycles. The minimum absolute atomic E-state index is 0.149. The van der Waals surface area contributed by atoms with Gasteiger partial charge in [0.1, 0.15) is 0 Å². The molecule has 90 valence electrons. The van der Waals surface area contributed by atoms with Gasteiger partial charge in [0.25, 0.3) is 0 Å². The Balaban J connectivity index is 2.08. The Morgan fingerprint density at radius 2 is 2.06 bits per heavy atom. The molecule has 2 aromatic rings. The van der Waals surface area contributed by atoms with Gasteiger partial charge in [0.2, 0.25) is 0 Å². The molecule has 2 rings (SSSR count). The molecule has 0 fully saturated rings. The third kappa shape index (κ3) is 3.31. The standard InChI is InChI=1S/C13H16N2S2/c1-3-12(14)10-4-6-11(7-5-10)17-13-15-9(2)8-16-13/h4-8,12H,3,14H2,1-2H3/t12-/m0/s1. The van der Waals surface area contributed by atoms with Crippen LogP contribution in [0.25, 0.3) is 0 Å². The first-order chi connectivity index (χ1) is 8.19. The van der Waals surface area contributed by atoms with Crippen LogP contribution in [0.5, 0.6) is 0 Å². The number of benzene rings is 1. The molecule has 2 N–H and O–H groups in total. The van der Waals surface area contributed by atoms with E-state index < -0.39 is 0 Å². The van der Waals surface area contributed by atoms with Crippen molar-refractivity contribution in [3.05, 3.63) is 40.9 Å². The monoisotopic (exact) mass is 264 g/mol.